The number of carbonyl (C=O) groups is 1. The molecule has 0 unspecified atom stereocenters. The predicted molar refractivity (Wildman–Crippen MR) is 33.0 cm³/mol. The number of aromatic nitrogens is 3. The molecule has 6 heteroatoms. The van der Waals surface area contributed by atoms with Gasteiger partial charge in [-0.2, -0.15) is 0 Å². The highest BCUT2D eigenvalue weighted by Crippen LogP contribution is 1.96. The number of urea groups is 1. The maximum atomic E-state index is 10.2. The van der Waals surface area contributed by atoms with E-state index in [0.29, 0.717) is 5.69 Å². The highest BCUT2D eigenvalue weighted by molar-refractivity contribution is 5.87. The Labute approximate surface area is 56.4 Å². The van der Waals surface area contributed by atoms with Crippen LogP contribution in [0.2, 0.25) is 0 Å². The van der Waals surface area contributed by atoms with Crippen LogP contribution < -0.4 is 11.1 Å². The van der Waals surface area contributed by atoms with Crippen molar-refractivity contribution in [1.29, 1.82) is 0 Å². The minimum absolute atomic E-state index is 0.433. The molecule has 0 saturated carbocycles. The summed E-state index contributed by atoms with van der Waals surface area (Å²) in [6.45, 7) is 0. The lowest BCUT2D eigenvalue weighted by Gasteiger charge is -1.95. The van der Waals surface area contributed by atoms with Crippen molar-refractivity contribution in [1.82, 2.24) is 15.4 Å². The fourth-order valence-electron chi connectivity index (χ4n) is 0.446. The molecule has 0 aliphatic carbocycles. The zero-order valence-corrected chi connectivity index (χ0v) is 4.98. The van der Waals surface area contributed by atoms with Gasteiger partial charge < -0.3 is 11.1 Å². The number of primary amides is 1. The predicted octanol–water partition coefficient (Wildman–Crippen LogP) is -0.638. The van der Waals surface area contributed by atoms with Gasteiger partial charge in [0.2, 0.25) is 0 Å². The molecule has 1 aromatic rings. The van der Waals surface area contributed by atoms with E-state index in [9.17, 15) is 4.79 Å². The topological polar surface area (TPSA) is 93.8 Å². The van der Waals surface area contributed by atoms with Gasteiger partial charge in [-0.05, 0) is 5.21 Å². The lowest BCUT2D eigenvalue weighted by Crippen LogP contribution is -2.19. The Bertz CT molecular complexity index is 222. The maximum absolute atomic E-state index is 10.2. The Morgan fingerprint density at radius 2 is 2.10 bits per heavy atom. The fourth-order valence-corrected chi connectivity index (χ4v) is 0.446. The van der Waals surface area contributed by atoms with Gasteiger partial charge in [-0.25, -0.2) is 4.79 Å². The van der Waals surface area contributed by atoms with Crippen molar-refractivity contribution >= 4 is 11.7 Å². The van der Waals surface area contributed by atoms with Crippen LogP contribution in [0, 0.1) is 0 Å². The lowest BCUT2D eigenvalue weighted by molar-refractivity contribution is 0.259. The zero-order valence-electron chi connectivity index (χ0n) is 4.98. The third-order valence-corrected chi connectivity index (χ3v) is 0.764. The van der Waals surface area contributed by atoms with Crippen LogP contribution in [-0.2, 0) is 0 Å². The van der Waals surface area contributed by atoms with Crippen molar-refractivity contribution in [3.05, 3.63) is 12.4 Å². The largest absolute Gasteiger partial charge is 0.351 e. The Kier molecular flexibility index (Phi) is 1.74. The summed E-state index contributed by atoms with van der Waals surface area (Å²) < 4.78 is 0. The molecule has 0 radical (unpaired) electrons. The Morgan fingerprint density at radius 1 is 1.50 bits per heavy atom. The average Bonchev–Trinajstić information content (AvgIpc) is 1.88. The number of rotatable bonds is 1. The van der Waals surface area contributed by atoms with Crippen LogP contribution in [0.3, 0.4) is 0 Å². The van der Waals surface area contributed by atoms with Gasteiger partial charge in [0.25, 0.3) is 0 Å². The highest BCUT2D eigenvalue weighted by Gasteiger charge is 1.93. The fraction of sp³-hybridized carbons (Fsp3) is 0. The molecule has 0 aromatic carbocycles. The summed E-state index contributed by atoms with van der Waals surface area (Å²) >= 11 is 0. The molecule has 0 aliphatic heterocycles. The van der Waals surface area contributed by atoms with Crippen molar-refractivity contribution in [2.45, 2.75) is 0 Å². The Morgan fingerprint density at radius 3 is 2.60 bits per heavy atom. The third kappa shape index (κ3) is 1.66. The normalized spacial score (nSPS) is 8.80. The monoisotopic (exact) mass is 139 g/mol. The van der Waals surface area contributed by atoms with Crippen LogP contribution >= 0.6 is 0 Å². The first-order chi connectivity index (χ1) is 4.79. The zero-order chi connectivity index (χ0) is 7.40. The Hall–Kier alpha value is -1.72. The third-order valence-electron chi connectivity index (χ3n) is 0.764. The van der Waals surface area contributed by atoms with E-state index < -0.39 is 6.03 Å². The second kappa shape index (κ2) is 2.72. The van der Waals surface area contributed by atoms with Crippen LogP contribution in [0.25, 0.3) is 0 Å². The van der Waals surface area contributed by atoms with Gasteiger partial charge >= 0.3 is 6.03 Å². The minimum Gasteiger partial charge on any atom is -0.351 e. The minimum atomic E-state index is -0.644. The first-order valence-electron chi connectivity index (χ1n) is 2.49. The molecule has 0 spiro atoms. The molecule has 0 fully saturated rings. The first kappa shape index (κ1) is 6.40. The summed E-state index contributed by atoms with van der Waals surface area (Å²) in [5, 5.41) is 12.4. The highest BCUT2D eigenvalue weighted by atomic mass is 16.2. The van der Waals surface area contributed by atoms with Gasteiger partial charge in [0.1, 0.15) is 0 Å². The summed E-state index contributed by atoms with van der Waals surface area (Å²) in [5.41, 5.74) is 5.23. The second-order valence-corrected chi connectivity index (χ2v) is 1.52. The van der Waals surface area contributed by atoms with Crippen molar-refractivity contribution in [2.24, 2.45) is 5.73 Å². The van der Waals surface area contributed by atoms with Gasteiger partial charge in [0.05, 0.1) is 18.1 Å². The summed E-state index contributed by atoms with van der Waals surface area (Å²) in [6.07, 6.45) is 2.69. The first-order valence-corrected chi connectivity index (χ1v) is 2.49. The molecule has 2 amide bonds. The molecule has 0 bridgehead atoms. The quantitative estimate of drug-likeness (QED) is 0.541. The van der Waals surface area contributed by atoms with Crippen LogP contribution in [0.5, 0.6) is 0 Å². The maximum Gasteiger partial charge on any atom is 0.316 e. The van der Waals surface area contributed by atoms with E-state index in [1.165, 1.54) is 12.4 Å². The molecule has 10 heavy (non-hydrogen) atoms. The molecule has 1 aromatic heterocycles. The van der Waals surface area contributed by atoms with Crippen molar-refractivity contribution in [3.8, 4) is 0 Å². The molecule has 0 atom stereocenters. The van der Waals surface area contributed by atoms with E-state index in [4.69, 9.17) is 5.73 Å². The smallest absolute Gasteiger partial charge is 0.316 e. The van der Waals surface area contributed by atoms with Crippen LogP contribution in [0.15, 0.2) is 12.4 Å². The second-order valence-electron chi connectivity index (χ2n) is 1.52. The number of carbonyl (C=O) groups excluding carboxylic acids is 1. The van der Waals surface area contributed by atoms with E-state index in [2.05, 4.69) is 20.7 Å². The number of nitrogens with zero attached hydrogens (tertiary/aromatic N) is 3. The van der Waals surface area contributed by atoms with E-state index in [1.54, 1.807) is 0 Å². The number of amides is 2. The number of nitrogens with two attached hydrogens (primary N) is 1. The molecule has 6 nitrogen and oxygen atoms in total. The number of nitrogens with one attached hydrogen (secondary N) is 1. The van der Waals surface area contributed by atoms with Crippen molar-refractivity contribution in [3.63, 3.8) is 0 Å². The van der Waals surface area contributed by atoms with Gasteiger partial charge in [-0.3, -0.25) is 0 Å². The van der Waals surface area contributed by atoms with Crippen molar-refractivity contribution < 1.29 is 4.79 Å². The van der Waals surface area contributed by atoms with E-state index in [0.717, 1.165) is 0 Å². The van der Waals surface area contributed by atoms with Gasteiger partial charge in [-0.1, -0.05) is 0 Å². The van der Waals surface area contributed by atoms with Gasteiger partial charge in [-0.15, -0.1) is 10.2 Å². The number of hydrogen-bond acceptors (Lipinski definition) is 4. The standard InChI is InChI=1S/C4H5N5O/c5-4(10)8-3-1-6-9-7-2-3/h1-2H,(H3,5,8,9,10). The van der Waals surface area contributed by atoms with Crippen molar-refractivity contribution in [2.75, 3.05) is 5.32 Å². The summed E-state index contributed by atoms with van der Waals surface area (Å²) in [4.78, 5) is 10.2. The molecular weight excluding hydrogens is 134 g/mol. The summed E-state index contributed by atoms with van der Waals surface area (Å²) in [6, 6.07) is -0.644. The van der Waals surface area contributed by atoms with Crippen LogP contribution in [-0.4, -0.2) is 21.4 Å². The number of hydrogen-bond donors (Lipinski definition) is 2. The molecular formula is C4H5N5O. The molecule has 1 rings (SSSR count). The molecule has 52 valence electrons. The summed E-state index contributed by atoms with van der Waals surface area (Å²) in [5.74, 6) is 0. The van der Waals surface area contributed by atoms with Gasteiger partial charge in [0, 0.05) is 0 Å². The van der Waals surface area contributed by atoms with E-state index >= 15 is 0 Å². The lowest BCUT2D eigenvalue weighted by atomic mass is 10.5. The van der Waals surface area contributed by atoms with Crippen LogP contribution in [0.1, 0.15) is 0 Å². The van der Waals surface area contributed by atoms with E-state index in [-0.39, 0.29) is 0 Å². The van der Waals surface area contributed by atoms with Crippen LogP contribution in [0.4, 0.5) is 10.5 Å². The van der Waals surface area contributed by atoms with Gasteiger partial charge in [0.15, 0.2) is 0 Å². The van der Waals surface area contributed by atoms with E-state index in [1.807, 2.05) is 0 Å². The molecule has 0 aliphatic rings. The summed E-state index contributed by atoms with van der Waals surface area (Å²) in [7, 11) is 0. The molecule has 1 heterocycles. The Balaban J connectivity index is 2.67. The molecule has 0 saturated heterocycles. The average molecular weight is 139 g/mol. The SMILES string of the molecule is NC(=O)Nc1cnnnc1. The molecule has 3 N–H and O–H groups in total. The number of anilines is 1.